The van der Waals surface area contributed by atoms with Crippen LogP contribution in [0.4, 0.5) is 0 Å². The summed E-state index contributed by atoms with van der Waals surface area (Å²) in [6.07, 6.45) is 1.93. The van der Waals surface area contributed by atoms with Gasteiger partial charge >= 0.3 is 0 Å². The predicted octanol–water partition coefficient (Wildman–Crippen LogP) is 3.27. The molecule has 0 bridgehead atoms. The van der Waals surface area contributed by atoms with Gasteiger partial charge in [0.2, 0.25) is 0 Å². The molecule has 0 saturated heterocycles. The topological polar surface area (TPSA) is 12.9 Å². The van der Waals surface area contributed by atoms with E-state index in [2.05, 4.69) is 44.5 Å². The van der Waals surface area contributed by atoms with Crippen molar-refractivity contribution in [2.75, 3.05) is 0 Å². The van der Waals surface area contributed by atoms with Crippen LogP contribution in [-0.2, 0) is 0 Å². The normalized spacial score (nSPS) is 10.3. The fourth-order valence-corrected chi connectivity index (χ4v) is 1.60. The molecule has 0 aromatic carbocycles. The van der Waals surface area contributed by atoms with Crippen molar-refractivity contribution in [2.24, 2.45) is 5.92 Å². The summed E-state index contributed by atoms with van der Waals surface area (Å²) in [7, 11) is 0. The summed E-state index contributed by atoms with van der Waals surface area (Å²) in [6.45, 7) is 8.52. The average molecular weight is 193 g/mol. The lowest BCUT2D eigenvalue weighted by Crippen LogP contribution is -1.78. The molecule has 1 nitrogen and oxygen atoms in total. The smallest absolute Gasteiger partial charge is 0.167 e. The average Bonchev–Trinajstić information content (AvgIpc) is 2.48. The number of rotatable bonds is 1. The van der Waals surface area contributed by atoms with E-state index in [1.807, 2.05) is 6.20 Å². The minimum absolute atomic E-state index is 0.423. The molecule has 0 aliphatic heterocycles. The molecule has 0 atom stereocenters. The summed E-state index contributed by atoms with van der Waals surface area (Å²) in [4.78, 5) is 5.57. The molecule has 0 spiro atoms. The van der Waals surface area contributed by atoms with Crippen LogP contribution in [0.15, 0.2) is 6.20 Å². The number of hydrogen-bond acceptors (Lipinski definition) is 2. The minimum Gasteiger partial charge on any atom is -0.236 e. The molecular formula is C11H15NS. The van der Waals surface area contributed by atoms with Crippen LogP contribution in [0.3, 0.4) is 0 Å². The Bertz CT molecular complexity index is 325. The third-order valence-electron chi connectivity index (χ3n) is 1.56. The van der Waals surface area contributed by atoms with Crippen LogP contribution in [-0.4, -0.2) is 4.98 Å². The van der Waals surface area contributed by atoms with E-state index in [0.717, 1.165) is 5.01 Å². The summed E-state index contributed by atoms with van der Waals surface area (Å²) < 4.78 is 0. The Hall–Kier alpha value is -0.810. The lowest BCUT2D eigenvalue weighted by Gasteiger charge is -1.94. The Labute approximate surface area is 84.2 Å². The molecule has 1 aromatic rings. The summed E-state index contributed by atoms with van der Waals surface area (Å²) in [5.41, 5.74) is 0. The molecule has 2 heteroatoms. The molecule has 0 fully saturated rings. The first kappa shape index (κ1) is 10.3. The number of nitrogens with zero attached hydrogens (tertiary/aromatic N) is 1. The van der Waals surface area contributed by atoms with E-state index in [1.165, 1.54) is 4.88 Å². The van der Waals surface area contributed by atoms with Crippen LogP contribution in [0.25, 0.3) is 0 Å². The van der Waals surface area contributed by atoms with Crippen molar-refractivity contribution in [1.82, 2.24) is 4.98 Å². The van der Waals surface area contributed by atoms with Crippen LogP contribution >= 0.6 is 11.3 Å². The van der Waals surface area contributed by atoms with Crippen LogP contribution in [0.2, 0.25) is 0 Å². The summed E-state index contributed by atoms with van der Waals surface area (Å²) in [5, 5.41) is 0.942. The number of hydrogen-bond donors (Lipinski definition) is 0. The van der Waals surface area contributed by atoms with E-state index in [4.69, 9.17) is 0 Å². The van der Waals surface area contributed by atoms with Gasteiger partial charge in [0.05, 0.1) is 0 Å². The van der Waals surface area contributed by atoms with Crippen LogP contribution in [0.1, 0.15) is 43.5 Å². The number of thiazole rings is 1. The maximum atomic E-state index is 4.25. The van der Waals surface area contributed by atoms with Gasteiger partial charge in [-0.05, 0) is 11.8 Å². The molecular weight excluding hydrogens is 178 g/mol. The van der Waals surface area contributed by atoms with Crippen LogP contribution < -0.4 is 0 Å². The second-order valence-electron chi connectivity index (χ2n) is 3.65. The van der Waals surface area contributed by atoms with E-state index in [0.29, 0.717) is 11.8 Å². The van der Waals surface area contributed by atoms with Gasteiger partial charge in [-0.2, -0.15) is 0 Å². The Morgan fingerprint density at radius 3 is 2.46 bits per heavy atom. The lowest BCUT2D eigenvalue weighted by molar-refractivity contribution is 0.866. The first-order valence-electron chi connectivity index (χ1n) is 4.57. The van der Waals surface area contributed by atoms with E-state index in [-0.39, 0.29) is 0 Å². The predicted molar refractivity (Wildman–Crippen MR) is 57.9 cm³/mol. The molecule has 0 unspecified atom stereocenters. The van der Waals surface area contributed by atoms with Gasteiger partial charge in [-0.15, -0.1) is 11.3 Å². The summed E-state index contributed by atoms with van der Waals surface area (Å²) in [5.74, 6) is 7.17. The Balaban J connectivity index is 2.77. The van der Waals surface area contributed by atoms with Gasteiger partial charge in [0.1, 0.15) is 0 Å². The second kappa shape index (κ2) is 4.43. The maximum Gasteiger partial charge on any atom is 0.167 e. The van der Waals surface area contributed by atoms with Crippen LogP contribution in [0.5, 0.6) is 0 Å². The zero-order valence-electron chi connectivity index (χ0n) is 8.59. The van der Waals surface area contributed by atoms with Crippen LogP contribution in [0, 0.1) is 17.8 Å². The molecule has 0 radical (unpaired) electrons. The molecule has 70 valence electrons. The van der Waals surface area contributed by atoms with Crippen molar-refractivity contribution >= 4 is 11.3 Å². The second-order valence-corrected chi connectivity index (χ2v) is 4.71. The molecule has 0 aliphatic carbocycles. The third kappa shape index (κ3) is 3.20. The minimum atomic E-state index is 0.423. The van der Waals surface area contributed by atoms with Gasteiger partial charge in [0, 0.05) is 17.0 Å². The molecule has 0 N–H and O–H groups in total. The highest BCUT2D eigenvalue weighted by molar-refractivity contribution is 7.12. The molecule has 0 amide bonds. The van der Waals surface area contributed by atoms with E-state index < -0.39 is 0 Å². The molecule has 0 aliphatic rings. The van der Waals surface area contributed by atoms with E-state index in [1.54, 1.807) is 11.3 Å². The van der Waals surface area contributed by atoms with Gasteiger partial charge in [-0.3, -0.25) is 0 Å². The van der Waals surface area contributed by atoms with Gasteiger partial charge in [-0.1, -0.05) is 33.6 Å². The SMILES string of the molecule is CC(C)C#Cc1ncc(C(C)C)s1. The fourth-order valence-electron chi connectivity index (χ4n) is 0.817. The largest absolute Gasteiger partial charge is 0.236 e. The Morgan fingerprint density at radius 2 is 2.00 bits per heavy atom. The standard InChI is InChI=1S/C11H15NS/c1-8(2)5-6-11-12-7-10(13-11)9(3)4/h7-9H,1-4H3. The monoisotopic (exact) mass is 193 g/mol. The Kier molecular flexibility index (Phi) is 3.50. The highest BCUT2D eigenvalue weighted by Gasteiger charge is 2.02. The highest BCUT2D eigenvalue weighted by Crippen LogP contribution is 2.20. The molecule has 1 heterocycles. The van der Waals surface area contributed by atoms with Crippen molar-refractivity contribution in [3.63, 3.8) is 0 Å². The Morgan fingerprint density at radius 1 is 1.31 bits per heavy atom. The molecule has 1 rings (SSSR count). The zero-order valence-corrected chi connectivity index (χ0v) is 9.40. The fraction of sp³-hybridized carbons (Fsp3) is 0.545. The molecule has 0 saturated carbocycles. The van der Waals surface area contributed by atoms with Gasteiger partial charge in [0.25, 0.3) is 0 Å². The van der Waals surface area contributed by atoms with Crippen molar-refractivity contribution < 1.29 is 0 Å². The van der Waals surface area contributed by atoms with Gasteiger partial charge < -0.3 is 0 Å². The molecule has 1 aromatic heterocycles. The van der Waals surface area contributed by atoms with E-state index >= 15 is 0 Å². The first-order valence-corrected chi connectivity index (χ1v) is 5.38. The van der Waals surface area contributed by atoms with Crippen molar-refractivity contribution in [3.8, 4) is 11.8 Å². The van der Waals surface area contributed by atoms with Crippen molar-refractivity contribution in [1.29, 1.82) is 0 Å². The van der Waals surface area contributed by atoms with Crippen molar-refractivity contribution in [2.45, 2.75) is 33.6 Å². The third-order valence-corrected chi connectivity index (χ3v) is 2.77. The van der Waals surface area contributed by atoms with Crippen molar-refractivity contribution in [3.05, 3.63) is 16.1 Å². The summed E-state index contributed by atoms with van der Waals surface area (Å²) in [6, 6.07) is 0. The number of aromatic nitrogens is 1. The maximum absolute atomic E-state index is 4.25. The zero-order chi connectivity index (χ0) is 9.84. The highest BCUT2D eigenvalue weighted by atomic mass is 32.1. The first-order chi connectivity index (χ1) is 6.09. The van der Waals surface area contributed by atoms with Gasteiger partial charge in [0.15, 0.2) is 5.01 Å². The molecule has 13 heavy (non-hydrogen) atoms. The van der Waals surface area contributed by atoms with Gasteiger partial charge in [-0.25, -0.2) is 4.98 Å². The summed E-state index contributed by atoms with van der Waals surface area (Å²) >= 11 is 1.70. The van der Waals surface area contributed by atoms with E-state index in [9.17, 15) is 0 Å². The quantitative estimate of drug-likeness (QED) is 0.624. The lowest BCUT2D eigenvalue weighted by atomic mass is 10.2.